The minimum absolute atomic E-state index is 0.158. The van der Waals surface area contributed by atoms with Gasteiger partial charge < -0.3 is 10.1 Å². The van der Waals surface area contributed by atoms with Crippen LogP contribution in [0.1, 0.15) is 5.56 Å². The van der Waals surface area contributed by atoms with Gasteiger partial charge in [0.15, 0.2) is 6.61 Å². The number of benzene rings is 1. The molecule has 96 valence electrons. The van der Waals surface area contributed by atoms with Crippen LogP contribution in [-0.4, -0.2) is 36.5 Å². The summed E-state index contributed by atoms with van der Waals surface area (Å²) in [6.07, 6.45) is 0. The number of nitrogens with one attached hydrogen (secondary N) is 1. The van der Waals surface area contributed by atoms with Gasteiger partial charge in [-0.25, -0.2) is 4.79 Å². The molecule has 5 nitrogen and oxygen atoms in total. The monoisotopic (exact) mass is 268 g/mol. The first-order valence-corrected chi connectivity index (χ1v) is 5.93. The zero-order chi connectivity index (χ0) is 13.1. The lowest BCUT2D eigenvalue weighted by atomic mass is 10.2. The van der Waals surface area contributed by atoms with E-state index in [9.17, 15) is 9.59 Å². The highest BCUT2D eigenvalue weighted by atomic mass is 35.5. The molecular weight excluding hydrogens is 256 g/mol. The number of halogens is 1. The standard InChI is InChI=1S/C12H13ClN2O3/c1-8-6-9(2-3-10(8)13)18-7-11(16)15-5-4-14-12(15)17/h2-3,6H,4-5,7H2,1H3,(H,14,17). The molecule has 0 bridgehead atoms. The van der Waals surface area contributed by atoms with Gasteiger partial charge in [0.1, 0.15) is 5.75 Å². The van der Waals surface area contributed by atoms with Crippen LogP contribution in [0.3, 0.4) is 0 Å². The number of carbonyl (C=O) groups excluding carboxylic acids is 2. The molecule has 1 aromatic rings. The molecule has 0 aromatic heterocycles. The number of urea groups is 1. The molecule has 0 spiro atoms. The molecule has 1 aliphatic rings. The van der Waals surface area contributed by atoms with Crippen LogP contribution in [0.15, 0.2) is 18.2 Å². The van der Waals surface area contributed by atoms with E-state index in [1.165, 1.54) is 0 Å². The Bertz CT molecular complexity index is 490. The van der Waals surface area contributed by atoms with Crippen LogP contribution in [0.4, 0.5) is 4.79 Å². The molecule has 18 heavy (non-hydrogen) atoms. The van der Waals surface area contributed by atoms with Gasteiger partial charge >= 0.3 is 6.03 Å². The minimum atomic E-state index is -0.365. The molecule has 1 saturated heterocycles. The SMILES string of the molecule is Cc1cc(OCC(=O)N2CCNC2=O)ccc1Cl. The Morgan fingerprint density at radius 3 is 2.94 bits per heavy atom. The second kappa shape index (κ2) is 5.27. The van der Waals surface area contributed by atoms with Crippen molar-refractivity contribution in [2.75, 3.05) is 19.7 Å². The topological polar surface area (TPSA) is 58.6 Å². The Morgan fingerprint density at radius 1 is 1.56 bits per heavy atom. The molecule has 1 aromatic carbocycles. The molecule has 1 aliphatic heterocycles. The molecule has 0 aliphatic carbocycles. The molecule has 0 saturated carbocycles. The summed E-state index contributed by atoms with van der Waals surface area (Å²) >= 11 is 5.88. The number of nitrogens with zero attached hydrogens (tertiary/aromatic N) is 1. The van der Waals surface area contributed by atoms with Crippen molar-refractivity contribution in [2.24, 2.45) is 0 Å². The molecule has 0 unspecified atom stereocenters. The van der Waals surface area contributed by atoms with Gasteiger partial charge in [0.2, 0.25) is 0 Å². The third kappa shape index (κ3) is 2.73. The van der Waals surface area contributed by atoms with Gasteiger partial charge in [0.05, 0.1) is 0 Å². The molecule has 1 heterocycles. The second-order valence-electron chi connectivity index (χ2n) is 3.98. The molecule has 1 fully saturated rings. The molecule has 1 N–H and O–H groups in total. The highest BCUT2D eigenvalue weighted by molar-refractivity contribution is 6.31. The lowest BCUT2D eigenvalue weighted by Crippen LogP contribution is -2.37. The summed E-state index contributed by atoms with van der Waals surface area (Å²) in [5.74, 6) is 0.211. The van der Waals surface area contributed by atoms with Gasteiger partial charge in [0.25, 0.3) is 5.91 Å². The summed E-state index contributed by atoms with van der Waals surface area (Å²) in [7, 11) is 0. The first kappa shape index (κ1) is 12.7. The van der Waals surface area contributed by atoms with Crippen molar-refractivity contribution in [1.29, 1.82) is 0 Å². The number of hydrogen-bond acceptors (Lipinski definition) is 3. The molecule has 2 rings (SSSR count). The Balaban J connectivity index is 1.93. The summed E-state index contributed by atoms with van der Waals surface area (Å²) < 4.78 is 5.33. The van der Waals surface area contributed by atoms with Crippen LogP contribution in [0.25, 0.3) is 0 Å². The average Bonchev–Trinajstić information content (AvgIpc) is 2.77. The maximum atomic E-state index is 11.7. The van der Waals surface area contributed by atoms with E-state index < -0.39 is 0 Å². The zero-order valence-electron chi connectivity index (χ0n) is 9.90. The Hall–Kier alpha value is -1.75. The van der Waals surface area contributed by atoms with Crippen molar-refractivity contribution in [3.05, 3.63) is 28.8 Å². The second-order valence-corrected chi connectivity index (χ2v) is 4.38. The van der Waals surface area contributed by atoms with Crippen LogP contribution >= 0.6 is 11.6 Å². The number of imide groups is 1. The fourth-order valence-corrected chi connectivity index (χ4v) is 1.76. The molecule has 0 atom stereocenters. The summed E-state index contributed by atoms with van der Waals surface area (Å²) in [5.41, 5.74) is 0.875. The summed E-state index contributed by atoms with van der Waals surface area (Å²) in [6.45, 7) is 2.57. The van der Waals surface area contributed by atoms with Gasteiger partial charge in [-0.3, -0.25) is 9.69 Å². The van der Waals surface area contributed by atoms with Gasteiger partial charge in [-0.1, -0.05) is 11.6 Å². The third-order valence-electron chi connectivity index (χ3n) is 2.65. The fourth-order valence-electron chi connectivity index (χ4n) is 1.64. The van der Waals surface area contributed by atoms with Gasteiger partial charge in [-0.05, 0) is 30.7 Å². The number of hydrogen-bond donors (Lipinski definition) is 1. The largest absolute Gasteiger partial charge is 0.484 e. The summed E-state index contributed by atoms with van der Waals surface area (Å²) in [4.78, 5) is 24.1. The van der Waals surface area contributed by atoms with Crippen LogP contribution in [0.2, 0.25) is 5.02 Å². The molecular formula is C12H13ClN2O3. The van der Waals surface area contributed by atoms with Gasteiger partial charge in [-0.2, -0.15) is 0 Å². The molecule has 0 radical (unpaired) electrons. The lowest BCUT2D eigenvalue weighted by Gasteiger charge is -2.13. The van der Waals surface area contributed by atoms with Crippen molar-refractivity contribution in [3.63, 3.8) is 0 Å². The van der Waals surface area contributed by atoms with Crippen molar-refractivity contribution >= 4 is 23.5 Å². The maximum absolute atomic E-state index is 11.7. The van der Waals surface area contributed by atoms with Crippen LogP contribution < -0.4 is 10.1 Å². The molecule has 3 amide bonds. The normalized spacial score (nSPS) is 14.6. The zero-order valence-corrected chi connectivity index (χ0v) is 10.7. The van der Waals surface area contributed by atoms with E-state index in [4.69, 9.17) is 16.3 Å². The van der Waals surface area contributed by atoms with Crippen LogP contribution in [0.5, 0.6) is 5.75 Å². The predicted octanol–water partition coefficient (Wildman–Crippen LogP) is 1.58. The first-order valence-electron chi connectivity index (χ1n) is 5.55. The number of carbonyl (C=O) groups is 2. The minimum Gasteiger partial charge on any atom is -0.484 e. The number of amides is 3. The summed E-state index contributed by atoms with van der Waals surface area (Å²) in [6, 6.07) is 4.78. The third-order valence-corrected chi connectivity index (χ3v) is 3.07. The Labute approximate surface area is 110 Å². The highest BCUT2D eigenvalue weighted by Gasteiger charge is 2.26. The van der Waals surface area contributed by atoms with Crippen LogP contribution in [-0.2, 0) is 4.79 Å². The summed E-state index contributed by atoms with van der Waals surface area (Å²) in [5, 5.41) is 3.20. The van der Waals surface area contributed by atoms with E-state index in [1.807, 2.05) is 6.92 Å². The smallest absolute Gasteiger partial charge is 0.324 e. The maximum Gasteiger partial charge on any atom is 0.324 e. The van der Waals surface area contributed by atoms with Crippen LogP contribution in [0, 0.1) is 6.92 Å². The predicted molar refractivity (Wildman–Crippen MR) is 66.8 cm³/mol. The fraction of sp³-hybridized carbons (Fsp3) is 0.333. The average molecular weight is 269 g/mol. The van der Waals surface area contributed by atoms with Gasteiger partial charge in [0, 0.05) is 18.1 Å². The van der Waals surface area contributed by atoms with E-state index in [2.05, 4.69) is 5.32 Å². The van der Waals surface area contributed by atoms with E-state index in [0.29, 0.717) is 23.9 Å². The highest BCUT2D eigenvalue weighted by Crippen LogP contribution is 2.21. The lowest BCUT2D eigenvalue weighted by molar-refractivity contribution is -0.129. The van der Waals surface area contributed by atoms with E-state index in [-0.39, 0.29) is 18.5 Å². The van der Waals surface area contributed by atoms with Crippen molar-refractivity contribution in [1.82, 2.24) is 10.2 Å². The number of ether oxygens (including phenoxy) is 1. The first-order chi connectivity index (χ1) is 8.58. The van der Waals surface area contributed by atoms with Crippen molar-refractivity contribution < 1.29 is 14.3 Å². The van der Waals surface area contributed by atoms with E-state index in [1.54, 1.807) is 18.2 Å². The van der Waals surface area contributed by atoms with Crippen molar-refractivity contribution in [2.45, 2.75) is 6.92 Å². The Morgan fingerprint density at radius 2 is 2.33 bits per heavy atom. The quantitative estimate of drug-likeness (QED) is 0.905. The van der Waals surface area contributed by atoms with Gasteiger partial charge in [-0.15, -0.1) is 0 Å². The molecule has 6 heteroatoms. The van der Waals surface area contributed by atoms with E-state index in [0.717, 1.165) is 10.5 Å². The Kier molecular flexibility index (Phi) is 3.72. The number of aryl methyl sites for hydroxylation is 1. The van der Waals surface area contributed by atoms with Crippen molar-refractivity contribution in [3.8, 4) is 5.75 Å². The number of rotatable bonds is 3. The van der Waals surface area contributed by atoms with E-state index >= 15 is 0 Å².